The van der Waals surface area contributed by atoms with Gasteiger partial charge in [-0.2, -0.15) is 0 Å². The molecule has 1 fully saturated rings. The van der Waals surface area contributed by atoms with E-state index in [9.17, 15) is 8.42 Å². The fourth-order valence-corrected chi connectivity index (χ4v) is 4.43. The molecule has 4 nitrogen and oxygen atoms in total. The van der Waals surface area contributed by atoms with Crippen LogP contribution in [0.15, 0.2) is 35.2 Å². The summed E-state index contributed by atoms with van der Waals surface area (Å²) in [4.78, 5) is 0.786. The fourth-order valence-electron chi connectivity index (χ4n) is 2.59. The van der Waals surface area contributed by atoms with Crippen molar-refractivity contribution in [3.8, 4) is 0 Å². The van der Waals surface area contributed by atoms with Crippen LogP contribution >= 0.6 is 15.9 Å². The molecular formula is C16H24BrNO3S. The number of alkyl halides is 1. The lowest BCUT2D eigenvalue weighted by Gasteiger charge is -2.27. The molecule has 1 aromatic carbocycles. The minimum Gasteiger partial charge on any atom is -0.377 e. The van der Waals surface area contributed by atoms with Gasteiger partial charge in [0.2, 0.25) is 10.0 Å². The van der Waals surface area contributed by atoms with E-state index in [1.807, 2.05) is 0 Å². The molecule has 1 aliphatic carbocycles. The Balaban J connectivity index is 1.61. The first-order valence-electron chi connectivity index (χ1n) is 7.90. The first-order chi connectivity index (χ1) is 10.6. The zero-order valence-corrected chi connectivity index (χ0v) is 15.1. The van der Waals surface area contributed by atoms with E-state index in [0.29, 0.717) is 29.0 Å². The molecule has 22 heavy (non-hydrogen) atoms. The number of hydrogen-bond acceptors (Lipinski definition) is 3. The predicted molar refractivity (Wildman–Crippen MR) is 91.8 cm³/mol. The monoisotopic (exact) mass is 389 g/mol. The lowest BCUT2D eigenvalue weighted by atomic mass is 9.97. The van der Waals surface area contributed by atoms with Gasteiger partial charge in [-0.3, -0.25) is 0 Å². The maximum absolute atomic E-state index is 12.0. The van der Waals surface area contributed by atoms with Crippen LogP contribution in [-0.4, -0.2) is 32.5 Å². The van der Waals surface area contributed by atoms with Gasteiger partial charge in [-0.05, 0) is 37.8 Å². The molecule has 0 heterocycles. The Labute approximate surface area is 141 Å². The fraction of sp³-hybridized carbons (Fsp3) is 0.625. The maximum atomic E-state index is 12.0. The molecule has 0 saturated heterocycles. The van der Waals surface area contributed by atoms with Crippen molar-refractivity contribution in [1.29, 1.82) is 0 Å². The van der Waals surface area contributed by atoms with E-state index in [4.69, 9.17) is 4.74 Å². The van der Waals surface area contributed by atoms with Gasteiger partial charge in [0, 0.05) is 18.0 Å². The average molecular weight is 390 g/mol. The second-order valence-electron chi connectivity index (χ2n) is 5.63. The molecule has 124 valence electrons. The molecule has 1 aliphatic rings. The first-order valence-corrected chi connectivity index (χ1v) is 10.3. The van der Waals surface area contributed by atoms with Crippen LogP contribution in [-0.2, 0) is 14.8 Å². The van der Waals surface area contributed by atoms with Crippen molar-refractivity contribution >= 4 is 26.0 Å². The van der Waals surface area contributed by atoms with Gasteiger partial charge in [-0.1, -0.05) is 47.0 Å². The Morgan fingerprint density at radius 1 is 1.14 bits per heavy atom. The van der Waals surface area contributed by atoms with E-state index in [-0.39, 0.29) is 0 Å². The van der Waals surface area contributed by atoms with Crippen molar-refractivity contribution in [2.75, 3.05) is 13.2 Å². The summed E-state index contributed by atoms with van der Waals surface area (Å²) in [6, 6.07) is 8.46. The van der Waals surface area contributed by atoms with Crippen molar-refractivity contribution in [2.45, 2.75) is 54.4 Å². The number of benzene rings is 1. The summed E-state index contributed by atoms with van der Waals surface area (Å²) in [7, 11) is -3.38. The highest BCUT2D eigenvalue weighted by atomic mass is 79.9. The second kappa shape index (κ2) is 9.01. The van der Waals surface area contributed by atoms with E-state index in [0.717, 1.165) is 19.3 Å². The van der Waals surface area contributed by atoms with Crippen molar-refractivity contribution < 1.29 is 13.2 Å². The molecule has 1 saturated carbocycles. The van der Waals surface area contributed by atoms with Crippen molar-refractivity contribution in [2.24, 2.45) is 0 Å². The summed E-state index contributed by atoms with van der Waals surface area (Å²) in [5.74, 6) is 0. The zero-order valence-electron chi connectivity index (χ0n) is 12.7. The molecule has 0 aromatic heterocycles. The van der Waals surface area contributed by atoms with Crippen LogP contribution in [0.1, 0.15) is 38.5 Å². The maximum Gasteiger partial charge on any atom is 0.240 e. The van der Waals surface area contributed by atoms with Gasteiger partial charge in [-0.25, -0.2) is 13.1 Å². The number of hydrogen-bond donors (Lipinski definition) is 1. The summed E-state index contributed by atoms with van der Waals surface area (Å²) in [5.41, 5.74) is 0. The summed E-state index contributed by atoms with van der Waals surface area (Å²) in [6.45, 7) is 1.14. The van der Waals surface area contributed by atoms with Crippen LogP contribution in [0.4, 0.5) is 0 Å². The Hall–Kier alpha value is -0.430. The van der Waals surface area contributed by atoms with Gasteiger partial charge >= 0.3 is 0 Å². The average Bonchev–Trinajstić information content (AvgIpc) is 2.53. The molecule has 1 aromatic rings. The van der Waals surface area contributed by atoms with Crippen LogP contribution in [0.3, 0.4) is 0 Å². The third-order valence-corrected chi connectivity index (χ3v) is 6.40. The normalized spacial score (nSPS) is 22.6. The number of halogens is 1. The van der Waals surface area contributed by atoms with Gasteiger partial charge < -0.3 is 4.74 Å². The van der Waals surface area contributed by atoms with Crippen molar-refractivity contribution in [1.82, 2.24) is 4.72 Å². The third kappa shape index (κ3) is 5.65. The van der Waals surface area contributed by atoms with E-state index >= 15 is 0 Å². The van der Waals surface area contributed by atoms with E-state index in [1.54, 1.807) is 30.3 Å². The summed E-state index contributed by atoms with van der Waals surface area (Å²) >= 11 is 3.67. The van der Waals surface area contributed by atoms with E-state index < -0.39 is 10.0 Å². The topological polar surface area (TPSA) is 55.4 Å². The highest BCUT2D eigenvalue weighted by Crippen LogP contribution is 2.26. The Morgan fingerprint density at radius 3 is 2.59 bits per heavy atom. The molecular weight excluding hydrogens is 366 g/mol. The van der Waals surface area contributed by atoms with Crippen LogP contribution < -0.4 is 4.72 Å². The molecule has 0 aliphatic heterocycles. The lowest BCUT2D eigenvalue weighted by Crippen LogP contribution is -2.28. The van der Waals surface area contributed by atoms with Gasteiger partial charge in [0.15, 0.2) is 0 Å². The predicted octanol–water partition coefficient (Wildman–Crippen LogP) is 3.47. The molecule has 2 rings (SSSR count). The standard InChI is InChI=1S/C16H24BrNO3S/c17-15-10-4-5-11-16(15)21-13-7-6-12-18-22(19,20)14-8-2-1-3-9-14/h1-3,8-9,15-16,18H,4-7,10-13H2/t15-,16-/m0/s1. The van der Waals surface area contributed by atoms with Crippen molar-refractivity contribution in [3.05, 3.63) is 30.3 Å². The quantitative estimate of drug-likeness (QED) is 0.546. The Morgan fingerprint density at radius 2 is 1.86 bits per heavy atom. The Kier molecular flexibility index (Phi) is 7.34. The summed E-state index contributed by atoms with van der Waals surface area (Å²) in [5, 5.41) is 0. The number of nitrogens with one attached hydrogen (secondary N) is 1. The van der Waals surface area contributed by atoms with Gasteiger partial charge in [0.05, 0.1) is 11.0 Å². The summed E-state index contributed by atoms with van der Waals surface area (Å²) in [6.07, 6.45) is 6.78. The largest absolute Gasteiger partial charge is 0.377 e. The van der Waals surface area contributed by atoms with Crippen LogP contribution in [0.25, 0.3) is 0 Å². The molecule has 0 spiro atoms. The molecule has 0 amide bonds. The molecule has 0 unspecified atom stereocenters. The SMILES string of the molecule is O=S(=O)(NCCCCO[C@H]1CCCC[C@@H]1Br)c1ccccc1. The lowest BCUT2D eigenvalue weighted by molar-refractivity contribution is 0.0325. The van der Waals surface area contributed by atoms with Crippen molar-refractivity contribution in [3.63, 3.8) is 0 Å². The van der Waals surface area contributed by atoms with E-state index in [2.05, 4.69) is 20.7 Å². The van der Waals surface area contributed by atoms with Crippen LogP contribution in [0.2, 0.25) is 0 Å². The third-order valence-electron chi connectivity index (χ3n) is 3.87. The molecule has 1 N–H and O–H groups in total. The van der Waals surface area contributed by atoms with Crippen LogP contribution in [0.5, 0.6) is 0 Å². The highest BCUT2D eigenvalue weighted by molar-refractivity contribution is 9.09. The molecule has 0 radical (unpaired) electrons. The highest BCUT2D eigenvalue weighted by Gasteiger charge is 2.22. The molecule has 2 atom stereocenters. The minimum atomic E-state index is -3.38. The number of ether oxygens (including phenoxy) is 1. The Bertz CT molecular complexity index is 536. The van der Waals surface area contributed by atoms with Crippen LogP contribution in [0, 0.1) is 0 Å². The van der Waals surface area contributed by atoms with Gasteiger partial charge in [0.25, 0.3) is 0 Å². The smallest absolute Gasteiger partial charge is 0.240 e. The van der Waals surface area contributed by atoms with Gasteiger partial charge in [0.1, 0.15) is 0 Å². The van der Waals surface area contributed by atoms with Gasteiger partial charge in [-0.15, -0.1) is 0 Å². The van der Waals surface area contributed by atoms with E-state index in [1.165, 1.54) is 19.3 Å². The molecule has 0 bridgehead atoms. The molecule has 6 heteroatoms. The minimum absolute atomic E-state index is 0.315. The number of unbranched alkanes of at least 4 members (excludes halogenated alkanes) is 1. The number of rotatable bonds is 8. The zero-order chi connectivity index (χ0) is 15.8. The summed E-state index contributed by atoms with van der Waals surface area (Å²) < 4.78 is 32.5. The second-order valence-corrected chi connectivity index (χ2v) is 8.57. The number of sulfonamides is 1. The first kappa shape index (κ1) is 17.9.